The number of nitrogens with zero attached hydrogens (tertiary/aromatic N) is 7. The number of methoxy groups -OCH3 is 1. The Morgan fingerprint density at radius 1 is 1.05 bits per heavy atom. The number of cyclic esters (lactones) is 1. The van der Waals surface area contributed by atoms with E-state index in [1.807, 2.05) is 25.9 Å². The highest BCUT2D eigenvalue weighted by atomic mass is 32.2. The number of Topliss-reactive ketones (excluding diaryl/α,β-unsaturated/α-hetero) is 2. The first-order valence-corrected chi connectivity index (χ1v) is 21.7. The second kappa shape index (κ2) is 21.0. The average molecular weight is 894 g/mol. The smallest absolute Gasteiger partial charge is 0.411 e. The van der Waals surface area contributed by atoms with Crippen LogP contribution < -0.4 is 0 Å². The lowest BCUT2D eigenvalue weighted by atomic mass is 9.73. The molecule has 0 radical (unpaired) electrons. The third-order valence-corrected chi connectivity index (χ3v) is 12.1. The summed E-state index contributed by atoms with van der Waals surface area (Å²) in [6.45, 7) is 12.2. The number of hydrogen-bond acceptors (Lipinski definition) is 16. The highest BCUT2D eigenvalue weighted by Gasteiger charge is 2.61. The van der Waals surface area contributed by atoms with E-state index in [1.54, 1.807) is 52.4 Å². The Bertz CT molecular complexity index is 1930. The minimum absolute atomic E-state index is 0.0389. The normalized spacial score (nSPS) is 35.8. The number of likely N-dealkylation sites (N-methyl/N-ethyl adjacent to an activating group) is 1. The van der Waals surface area contributed by atoms with E-state index in [-0.39, 0.29) is 56.0 Å². The lowest BCUT2D eigenvalue weighted by Gasteiger charge is -2.47. The Balaban J connectivity index is 0.00000273. The zero-order valence-corrected chi connectivity index (χ0v) is 38.4. The highest BCUT2D eigenvalue weighted by Crippen LogP contribution is 2.43. The Hall–Kier alpha value is -4.13. The summed E-state index contributed by atoms with van der Waals surface area (Å²) < 4.78 is 58.9. The van der Waals surface area contributed by atoms with Gasteiger partial charge in [-0.2, -0.15) is 3.89 Å². The van der Waals surface area contributed by atoms with Crippen molar-refractivity contribution < 1.29 is 56.2 Å². The van der Waals surface area contributed by atoms with Crippen molar-refractivity contribution in [3.63, 3.8) is 0 Å². The summed E-state index contributed by atoms with van der Waals surface area (Å²) >= 11 is 0.250. The third kappa shape index (κ3) is 10.8. The Morgan fingerprint density at radius 3 is 2.27 bits per heavy atom. The molecule has 20 heteroatoms. The van der Waals surface area contributed by atoms with Gasteiger partial charge in [0, 0.05) is 61.7 Å². The number of carbonyl (C=O) groups is 4. The van der Waals surface area contributed by atoms with E-state index in [0.717, 1.165) is 6.92 Å². The lowest BCUT2D eigenvalue weighted by Crippen LogP contribution is -2.61. The van der Waals surface area contributed by atoms with Gasteiger partial charge in [-0.15, -0.1) is 5.10 Å². The van der Waals surface area contributed by atoms with E-state index in [1.165, 1.54) is 36.8 Å². The van der Waals surface area contributed by atoms with E-state index < -0.39 is 83.1 Å². The van der Waals surface area contributed by atoms with Gasteiger partial charge >= 0.3 is 12.1 Å². The van der Waals surface area contributed by atoms with Crippen LogP contribution in [0.15, 0.2) is 24.7 Å². The maximum absolute atomic E-state index is 16.9. The number of ketones is 2. The van der Waals surface area contributed by atoms with Gasteiger partial charge in [0.2, 0.25) is 0 Å². The number of alkyl halides is 1. The van der Waals surface area contributed by atoms with Crippen molar-refractivity contribution in [3.05, 3.63) is 24.7 Å². The number of ether oxygens (including phenoxy) is 5. The predicted molar refractivity (Wildman–Crippen MR) is 223 cm³/mol. The number of esters is 1. The van der Waals surface area contributed by atoms with Crippen LogP contribution in [0.25, 0.3) is 11.5 Å². The molecule has 0 saturated carbocycles. The van der Waals surface area contributed by atoms with Gasteiger partial charge in [-0.05, 0) is 67.1 Å². The van der Waals surface area contributed by atoms with Gasteiger partial charge in [-0.1, -0.05) is 44.7 Å². The van der Waals surface area contributed by atoms with Crippen molar-refractivity contribution in [1.29, 1.82) is 0 Å². The predicted octanol–water partition coefficient (Wildman–Crippen LogP) is 4.27. The second-order valence-electron chi connectivity index (χ2n) is 16.9. The molecule has 3 unspecified atom stereocenters. The van der Waals surface area contributed by atoms with Crippen molar-refractivity contribution in [3.8, 4) is 23.4 Å². The van der Waals surface area contributed by atoms with Gasteiger partial charge in [-0.3, -0.25) is 14.5 Å². The summed E-state index contributed by atoms with van der Waals surface area (Å²) in [4.78, 5) is 68.0. The standard InChI is InChI=1S/C41H58FN7O10.CH3FS/c1-12-29-41(8)32(49(38(54)59-41)19-14-13-18-48-22-27(45-46-48)35-43-16-15-17-44-35)25(4)30(50)23(2)21-39(6,55-11)34(26(5)33(52)40(7,42)37(53)57-29)58-36-31(51)28(47(9)10)20-24(3)56-36;1-3-2/h15-17,22-26,28-29,31-32,34,36,51H,12,18-21H2,1-11H3;1H3/t23-,24?,25+,26+,28?,29-,31?,32-,34-,36+,39-,40+,41-;/m1./s1. The molecule has 344 valence electrons. The van der Waals surface area contributed by atoms with Crippen LogP contribution in [0.1, 0.15) is 74.7 Å². The van der Waals surface area contributed by atoms with Crippen molar-refractivity contribution in [2.75, 3.05) is 34.0 Å². The summed E-state index contributed by atoms with van der Waals surface area (Å²) in [5, 5.41) is 19.6. The molecular formula is C42H61F2N7O10S. The minimum atomic E-state index is -3.21. The molecule has 0 aliphatic carbocycles. The quantitative estimate of drug-likeness (QED) is 0.224. The summed E-state index contributed by atoms with van der Waals surface area (Å²) in [5.41, 5.74) is -5.92. The number of amides is 1. The first-order valence-electron chi connectivity index (χ1n) is 20.6. The van der Waals surface area contributed by atoms with Crippen LogP contribution in [0.2, 0.25) is 0 Å². The SMILES string of the molecule is CC[C@H]1OC(=O)[C@@](C)(F)C(=O)[C@H](C)[C@@H](O[C@@H]2OC(C)CC(N(C)C)C2O)[C@](C)(OC)C[C@@H](C)C(=O)[C@H](C)[C@H]2N(CC#CCn3cc(-c4ncccn4)nn3)C(=O)O[C@]12C.CSF. The molecule has 3 fully saturated rings. The molecule has 0 aromatic carbocycles. The molecule has 2 aromatic rings. The molecule has 13 atom stereocenters. The topological polar surface area (TPSA) is 198 Å². The fourth-order valence-electron chi connectivity index (χ4n) is 8.83. The first kappa shape index (κ1) is 50.5. The summed E-state index contributed by atoms with van der Waals surface area (Å²) in [6, 6.07) is 0.256. The highest BCUT2D eigenvalue weighted by molar-refractivity contribution is 7.93. The molecule has 1 amide bonds. The van der Waals surface area contributed by atoms with Crippen LogP contribution in [0.5, 0.6) is 0 Å². The molecule has 62 heavy (non-hydrogen) atoms. The van der Waals surface area contributed by atoms with Crippen molar-refractivity contribution in [2.45, 2.75) is 141 Å². The number of aliphatic hydroxyl groups excluding tert-OH is 1. The summed E-state index contributed by atoms with van der Waals surface area (Å²) in [6.07, 6.45) is 0.438. The van der Waals surface area contributed by atoms with Gasteiger partial charge in [0.1, 0.15) is 30.2 Å². The first-order chi connectivity index (χ1) is 29.1. The second-order valence-corrected chi connectivity index (χ2v) is 17.2. The van der Waals surface area contributed by atoms with Crippen molar-refractivity contribution in [1.82, 2.24) is 34.8 Å². The number of aliphatic hydroxyl groups is 1. The van der Waals surface area contributed by atoms with Gasteiger partial charge in [0.05, 0.1) is 36.6 Å². The molecule has 3 aliphatic rings. The fraction of sp³-hybridized carbons (Fsp3) is 0.714. The molecule has 3 saturated heterocycles. The van der Waals surface area contributed by atoms with Crippen LogP contribution in [-0.4, -0.2) is 157 Å². The molecular weight excluding hydrogens is 833 g/mol. The largest absolute Gasteiger partial charge is 0.455 e. The minimum Gasteiger partial charge on any atom is -0.455 e. The number of hydrogen-bond donors (Lipinski definition) is 1. The molecule has 0 spiro atoms. The van der Waals surface area contributed by atoms with Crippen LogP contribution in [0.4, 0.5) is 13.1 Å². The van der Waals surface area contributed by atoms with Crippen LogP contribution in [0.3, 0.4) is 0 Å². The zero-order valence-electron chi connectivity index (χ0n) is 37.5. The molecule has 17 nitrogen and oxygen atoms in total. The third-order valence-electron chi connectivity index (χ3n) is 12.1. The van der Waals surface area contributed by atoms with Crippen LogP contribution in [-0.2, 0) is 44.6 Å². The Kier molecular flexibility index (Phi) is 17.1. The van der Waals surface area contributed by atoms with Gasteiger partial charge in [-0.25, -0.2) is 28.6 Å². The Labute approximate surface area is 366 Å². The number of aromatic nitrogens is 5. The van der Waals surface area contributed by atoms with E-state index >= 15 is 4.39 Å². The number of halogens is 2. The van der Waals surface area contributed by atoms with Crippen molar-refractivity contribution in [2.24, 2.45) is 17.8 Å². The summed E-state index contributed by atoms with van der Waals surface area (Å²) in [5.74, 6) is 0.249. The number of rotatable bonds is 8. The molecule has 2 aromatic heterocycles. The van der Waals surface area contributed by atoms with E-state index in [9.17, 15) is 28.2 Å². The van der Waals surface area contributed by atoms with E-state index in [0.29, 0.717) is 17.9 Å². The monoisotopic (exact) mass is 893 g/mol. The molecule has 5 heterocycles. The van der Waals surface area contributed by atoms with Gasteiger partial charge in [0.25, 0.3) is 5.67 Å². The van der Waals surface area contributed by atoms with Crippen LogP contribution in [0, 0.1) is 29.6 Å². The zero-order chi connectivity index (χ0) is 46.3. The number of fused-ring (bicyclic) bond motifs is 1. The van der Waals surface area contributed by atoms with Crippen LogP contribution >= 0.6 is 12.1 Å². The molecule has 1 N–H and O–H groups in total. The number of carbonyl (C=O) groups excluding carboxylic acids is 4. The molecule has 0 bridgehead atoms. The van der Waals surface area contributed by atoms with E-state index in [2.05, 4.69) is 32.1 Å². The molecule has 3 aliphatic heterocycles. The maximum Gasteiger partial charge on any atom is 0.411 e. The Morgan fingerprint density at radius 2 is 1.68 bits per heavy atom. The molecule has 5 rings (SSSR count). The average Bonchev–Trinajstić information content (AvgIpc) is 3.81. The van der Waals surface area contributed by atoms with Crippen molar-refractivity contribution >= 4 is 35.8 Å². The summed E-state index contributed by atoms with van der Waals surface area (Å²) in [7, 11) is 5.00. The maximum atomic E-state index is 16.9. The fourth-order valence-corrected chi connectivity index (χ4v) is 8.83. The lowest BCUT2D eigenvalue weighted by molar-refractivity contribution is -0.295. The van der Waals surface area contributed by atoms with E-state index in [4.69, 9.17) is 23.7 Å². The van der Waals surface area contributed by atoms with Gasteiger partial charge in [0.15, 0.2) is 23.5 Å². The van der Waals surface area contributed by atoms with Gasteiger partial charge < -0.3 is 33.7 Å².